The van der Waals surface area contributed by atoms with Crippen molar-refractivity contribution in [3.63, 3.8) is 0 Å². The van der Waals surface area contributed by atoms with Gasteiger partial charge in [-0.05, 0) is 25.1 Å². The van der Waals surface area contributed by atoms with Crippen LogP contribution in [0.3, 0.4) is 0 Å². The molecule has 0 aromatic heterocycles. The van der Waals surface area contributed by atoms with Crippen molar-refractivity contribution >= 4 is 44.8 Å². The van der Waals surface area contributed by atoms with Crippen LogP contribution in [0.1, 0.15) is 13.3 Å². The molecule has 0 bridgehead atoms. The van der Waals surface area contributed by atoms with Gasteiger partial charge in [-0.2, -0.15) is 0 Å². The highest BCUT2D eigenvalue weighted by atomic mass is 35.5. The molecule has 0 unspecified atom stereocenters. The highest BCUT2D eigenvalue weighted by Gasteiger charge is 2.21. The van der Waals surface area contributed by atoms with E-state index in [9.17, 15) is 8.42 Å². The van der Waals surface area contributed by atoms with E-state index in [0.717, 1.165) is 13.0 Å². The number of rotatable bonds is 7. The van der Waals surface area contributed by atoms with Gasteiger partial charge in [0.05, 0.1) is 10.0 Å². The third kappa shape index (κ3) is 5.10. The third-order valence-corrected chi connectivity index (χ3v) is 4.85. The zero-order chi connectivity index (χ0) is 14.5. The molecule has 19 heavy (non-hydrogen) atoms. The fourth-order valence-corrected chi connectivity index (χ4v) is 4.01. The third-order valence-electron chi connectivity index (χ3n) is 2.25. The van der Waals surface area contributed by atoms with Crippen LogP contribution in [0, 0.1) is 0 Å². The van der Waals surface area contributed by atoms with E-state index in [0.29, 0.717) is 11.6 Å². The maximum absolute atomic E-state index is 12.1. The van der Waals surface area contributed by atoms with Crippen LogP contribution in [0.4, 0.5) is 0 Å². The van der Waals surface area contributed by atoms with Gasteiger partial charge >= 0.3 is 0 Å². The van der Waals surface area contributed by atoms with Gasteiger partial charge in [0.25, 0.3) is 0 Å². The molecular formula is C11H15Cl3N2O2S. The summed E-state index contributed by atoms with van der Waals surface area (Å²) in [5.74, 6) is 0. The first kappa shape index (κ1) is 17.0. The Morgan fingerprint density at radius 1 is 1.05 bits per heavy atom. The van der Waals surface area contributed by atoms with Gasteiger partial charge in [0, 0.05) is 18.1 Å². The molecular weight excluding hydrogens is 331 g/mol. The number of hydrogen-bond acceptors (Lipinski definition) is 3. The van der Waals surface area contributed by atoms with E-state index in [4.69, 9.17) is 34.8 Å². The van der Waals surface area contributed by atoms with Crippen molar-refractivity contribution in [3.8, 4) is 0 Å². The van der Waals surface area contributed by atoms with E-state index >= 15 is 0 Å². The number of nitrogens with one attached hydrogen (secondary N) is 2. The van der Waals surface area contributed by atoms with Crippen molar-refractivity contribution in [1.82, 2.24) is 10.0 Å². The molecule has 2 N–H and O–H groups in total. The van der Waals surface area contributed by atoms with Gasteiger partial charge in [0.2, 0.25) is 10.0 Å². The largest absolute Gasteiger partial charge is 0.315 e. The summed E-state index contributed by atoms with van der Waals surface area (Å²) in [5.41, 5.74) is 0. The summed E-state index contributed by atoms with van der Waals surface area (Å²) in [5, 5.41) is 3.39. The lowest BCUT2D eigenvalue weighted by atomic mass is 10.4. The number of benzene rings is 1. The molecule has 0 fully saturated rings. The highest BCUT2D eigenvalue weighted by Crippen LogP contribution is 2.32. The first-order valence-corrected chi connectivity index (χ1v) is 8.35. The molecule has 0 amide bonds. The number of hydrogen-bond donors (Lipinski definition) is 2. The minimum Gasteiger partial charge on any atom is -0.315 e. The second-order valence-electron chi connectivity index (χ2n) is 3.85. The molecule has 1 aromatic carbocycles. The molecule has 1 rings (SSSR count). The molecule has 0 radical (unpaired) electrons. The summed E-state index contributed by atoms with van der Waals surface area (Å²) >= 11 is 17.5. The molecule has 0 aliphatic carbocycles. The molecule has 1 aromatic rings. The van der Waals surface area contributed by atoms with E-state index in [1.165, 1.54) is 12.1 Å². The van der Waals surface area contributed by atoms with Crippen LogP contribution in [-0.4, -0.2) is 28.1 Å². The van der Waals surface area contributed by atoms with E-state index in [1.807, 2.05) is 6.92 Å². The van der Waals surface area contributed by atoms with Crippen molar-refractivity contribution in [2.45, 2.75) is 18.2 Å². The van der Waals surface area contributed by atoms with Gasteiger partial charge in [0.1, 0.15) is 4.90 Å². The summed E-state index contributed by atoms with van der Waals surface area (Å²) < 4.78 is 26.6. The number of halogens is 3. The zero-order valence-electron chi connectivity index (χ0n) is 10.3. The topological polar surface area (TPSA) is 58.2 Å². The van der Waals surface area contributed by atoms with E-state index in [-0.39, 0.29) is 21.5 Å². The van der Waals surface area contributed by atoms with Crippen LogP contribution in [0.25, 0.3) is 0 Å². The summed E-state index contributed by atoms with van der Waals surface area (Å²) in [4.78, 5) is -0.143. The fraction of sp³-hybridized carbons (Fsp3) is 0.455. The Bertz CT molecular complexity index is 512. The maximum Gasteiger partial charge on any atom is 0.243 e. The lowest BCUT2D eigenvalue weighted by Gasteiger charge is -2.10. The molecule has 0 aliphatic heterocycles. The Balaban J connectivity index is 2.78. The quantitative estimate of drug-likeness (QED) is 0.747. The number of sulfonamides is 1. The van der Waals surface area contributed by atoms with E-state index < -0.39 is 10.0 Å². The zero-order valence-corrected chi connectivity index (χ0v) is 13.4. The summed E-state index contributed by atoms with van der Waals surface area (Å²) in [6, 6.07) is 2.69. The van der Waals surface area contributed by atoms with Crippen LogP contribution in [0.15, 0.2) is 17.0 Å². The van der Waals surface area contributed by atoms with Crippen molar-refractivity contribution < 1.29 is 8.42 Å². The summed E-state index contributed by atoms with van der Waals surface area (Å²) in [7, 11) is -3.74. The SMILES string of the molecule is CCCNCCNS(=O)(=O)c1c(Cl)cc(Cl)cc1Cl. The second kappa shape index (κ2) is 7.67. The van der Waals surface area contributed by atoms with Gasteiger partial charge < -0.3 is 5.32 Å². The average Bonchev–Trinajstić information content (AvgIpc) is 2.26. The fourth-order valence-electron chi connectivity index (χ4n) is 1.43. The minimum atomic E-state index is -3.74. The van der Waals surface area contributed by atoms with Crippen LogP contribution < -0.4 is 10.0 Å². The van der Waals surface area contributed by atoms with Crippen molar-refractivity contribution in [2.24, 2.45) is 0 Å². The first-order chi connectivity index (χ1) is 8.88. The normalized spacial score (nSPS) is 11.8. The molecule has 0 spiro atoms. The molecule has 0 saturated carbocycles. The summed E-state index contributed by atoms with van der Waals surface area (Å²) in [6.45, 7) is 3.67. The standard InChI is InChI=1S/C11H15Cl3N2O2S/c1-2-3-15-4-5-16-19(17,18)11-9(13)6-8(12)7-10(11)14/h6-7,15-16H,2-5H2,1H3. The molecule has 0 saturated heterocycles. The highest BCUT2D eigenvalue weighted by molar-refractivity contribution is 7.89. The van der Waals surface area contributed by atoms with Gasteiger partial charge in [-0.1, -0.05) is 41.7 Å². The molecule has 8 heteroatoms. The minimum absolute atomic E-state index is 0.00603. The molecule has 4 nitrogen and oxygen atoms in total. The van der Waals surface area contributed by atoms with Crippen molar-refractivity contribution in [2.75, 3.05) is 19.6 Å². The predicted molar refractivity (Wildman–Crippen MR) is 79.8 cm³/mol. The lowest BCUT2D eigenvalue weighted by molar-refractivity contribution is 0.575. The van der Waals surface area contributed by atoms with Crippen LogP contribution >= 0.6 is 34.8 Å². The van der Waals surface area contributed by atoms with Gasteiger partial charge in [-0.25, -0.2) is 13.1 Å². The monoisotopic (exact) mass is 344 g/mol. The van der Waals surface area contributed by atoms with Crippen LogP contribution in [-0.2, 0) is 10.0 Å². The van der Waals surface area contributed by atoms with Crippen molar-refractivity contribution in [1.29, 1.82) is 0 Å². The summed E-state index contributed by atoms with van der Waals surface area (Å²) in [6.07, 6.45) is 0.988. The lowest BCUT2D eigenvalue weighted by Crippen LogP contribution is -2.32. The molecule has 0 atom stereocenters. The predicted octanol–water partition coefficient (Wildman–Crippen LogP) is 2.92. The average molecular weight is 346 g/mol. The smallest absolute Gasteiger partial charge is 0.243 e. The Morgan fingerprint density at radius 2 is 1.63 bits per heavy atom. The van der Waals surface area contributed by atoms with Gasteiger partial charge in [-0.3, -0.25) is 0 Å². The van der Waals surface area contributed by atoms with E-state index in [2.05, 4.69) is 10.0 Å². The van der Waals surface area contributed by atoms with Crippen molar-refractivity contribution in [3.05, 3.63) is 27.2 Å². The van der Waals surface area contributed by atoms with Crippen LogP contribution in [0.2, 0.25) is 15.1 Å². The Labute approximate surface area is 128 Å². The molecule has 108 valence electrons. The van der Waals surface area contributed by atoms with Gasteiger partial charge in [0.15, 0.2) is 0 Å². The van der Waals surface area contributed by atoms with Crippen LogP contribution in [0.5, 0.6) is 0 Å². The second-order valence-corrected chi connectivity index (χ2v) is 6.80. The molecule has 0 heterocycles. The Hall–Kier alpha value is -0.0400. The Morgan fingerprint density at radius 3 is 2.16 bits per heavy atom. The molecule has 0 aliphatic rings. The van der Waals surface area contributed by atoms with E-state index in [1.54, 1.807) is 0 Å². The van der Waals surface area contributed by atoms with Gasteiger partial charge in [-0.15, -0.1) is 0 Å². The first-order valence-electron chi connectivity index (χ1n) is 5.73. The Kier molecular flexibility index (Phi) is 6.86. The maximum atomic E-state index is 12.1.